The maximum Gasteiger partial charge on any atom is 0.337 e. The number of ether oxygens (including phenoxy) is 2. The second kappa shape index (κ2) is 9.19. The van der Waals surface area contributed by atoms with E-state index in [2.05, 4.69) is 10.1 Å². The van der Waals surface area contributed by atoms with Gasteiger partial charge in [-0.25, -0.2) is 9.59 Å². The molecule has 0 aromatic heterocycles. The molecule has 1 N–H and O–H groups in total. The van der Waals surface area contributed by atoms with Gasteiger partial charge in [-0.05, 0) is 31.5 Å². The molecule has 1 amide bonds. The van der Waals surface area contributed by atoms with E-state index in [4.69, 9.17) is 4.74 Å². The van der Waals surface area contributed by atoms with Gasteiger partial charge in [-0.1, -0.05) is 24.3 Å². The van der Waals surface area contributed by atoms with E-state index in [1.165, 1.54) is 25.3 Å². The lowest BCUT2D eigenvalue weighted by atomic mass is 10.1. The zero-order valence-electron chi connectivity index (χ0n) is 13.3. The molecule has 0 aliphatic carbocycles. The highest BCUT2D eigenvalue weighted by atomic mass is 16.5. The average molecular weight is 317 g/mol. The second-order valence-corrected chi connectivity index (χ2v) is 4.56. The third-order valence-electron chi connectivity index (χ3n) is 2.81. The van der Waals surface area contributed by atoms with Crippen LogP contribution in [0.25, 0.3) is 0 Å². The molecule has 0 aliphatic rings. The van der Waals surface area contributed by atoms with Crippen LogP contribution in [0.3, 0.4) is 0 Å². The number of aryl methyl sites for hydroxylation is 1. The Kier molecular flexibility index (Phi) is 7.26. The number of benzene rings is 1. The predicted molar refractivity (Wildman–Crippen MR) is 86.1 cm³/mol. The van der Waals surface area contributed by atoms with Gasteiger partial charge >= 0.3 is 11.9 Å². The van der Waals surface area contributed by atoms with Gasteiger partial charge in [-0.2, -0.15) is 0 Å². The van der Waals surface area contributed by atoms with Crippen molar-refractivity contribution in [1.82, 2.24) is 0 Å². The number of esters is 2. The van der Waals surface area contributed by atoms with Crippen molar-refractivity contribution in [3.05, 3.63) is 53.6 Å². The molecule has 122 valence electrons. The lowest BCUT2D eigenvalue weighted by molar-refractivity contribution is -0.142. The van der Waals surface area contributed by atoms with Crippen LogP contribution in [0, 0.1) is 6.92 Å². The van der Waals surface area contributed by atoms with Crippen molar-refractivity contribution in [3.63, 3.8) is 0 Å². The molecule has 0 spiro atoms. The van der Waals surface area contributed by atoms with Crippen LogP contribution in [0.1, 0.15) is 22.8 Å². The van der Waals surface area contributed by atoms with Gasteiger partial charge in [0.1, 0.15) is 0 Å². The standard InChI is InChI=1S/C17H19NO5/c1-4-5-6-7-16(20)23-11-15(19)18-14-10-13(17(21)22-3)9-8-12(14)2/h4-10H,11H2,1-3H3,(H,18,19)/b5-4+,7-6+. The van der Waals surface area contributed by atoms with E-state index < -0.39 is 24.5 Å². The average Bonchev–Trinajstić information content (AvgIpc) is 2.54. The normalized spacial score (nSPS) is 10.7. The largest absolute Gasteiger partial charge is 0.465 e. The van der Waals surface area contributed by atoms with Crippen LogP contribution in [0.5, 0.6) is 0 Å². The molecule has 6 heteroatoms. The van der Waals surface area contributed by atoms with Gasteiger partial charge in [0.15, 0.2) is 6.61 Å². The number of hydrogen-bond donors (Lipinski definition) is 1. The van der Waals surface area contributed by atoms with Gasteiger partial charge < -0.3 is 14.8 Å². The SMILES string of the molecule is C/C=C/C=C/C(=O)OCC(=O)Nc1cc(C(=O)OC)ccc1C. The molecule has 0 fully saturated rings. The van der Waals surface area contributed by atoms with Gasteiger partial charge in [-0.15, -0.1) is 0 Å². The van der Waals surface area contributed by atoms with Crippen molar-refractivity contribution in [2.24, 2.45) is 0 Å². The smallest absolute Gasteiger partial charge is 0.337 e. The van der Waals surface area contributed by atoms with Crippen molar-refractivity contribution >= 4 is 23.5 Å². The summed E-state index contributed by atoms with van der Waals surface area (Å²) in [5.41, 5.74) is 1.54. The molecular formula is C17H19NO5. The molecule has 6 nitrogen and oxygen atoms in total. The number of allylic oxidation sites excluding steroid dienone is 3. The van der Waals surface area contributed by atoms with Crippen LogP contribution in [-0.2, 0) is 19.1 Å². The number of anilines is 1. The van der Waals surface area contributed by atoms with Crippen LogP contribution in [0.2, 0.25) is 0 Å². The second-order valence-electron chi connectivity index (χ2n) is 4.56. The van der Waals surface area contributed by atoms with Crippen molar-refractivity contribution in [2.45, 2.75) is 13.8 Å². The maximum absolute atomic E-state index is 11.8. The molecule has 0 unspecified atom stereocenters. The van der Waals surface area contributed by atoms with Crippen molar-refractivity contribution in [1.29, 1.82) is 0 Å². The highest BCUT2D eigenvalue weighted by Crippen LogP contribution is 2.17. The number of nitrogens with one attached hydrogen (secondary N) is 1. The van der Waals surface area contributed by atoms with E-state index >= 15 is 0 Å². The Balaban J connectivity index is 2.63. The Labute approximate surface area is 134 Å². The Morgan fingerprint density at radius 1 is 1.22 bits per heavy atom. The minimum Gasteiger partial charge on any atom is -0.465 e. The summed E-state index contributed by atoms with van der Waals surface area (Å²) in [5.74, 6) is -1.61. The fourth-order valence-corrected chi connectivity index (χ4v) is 1.62. The van der Waals surface area contributed by atoms with Gasteiger partial charge in [-0.3, -0.25) is 4.79 Å². The first-order valence-electron chi connectivity index (χ1n) is 6.93. The number of rotatable bonds is 6. The molecule has 0 bridgehead atoms. The molecule has 0 heterocycles. The Morgan fingerprint density at radius 2 is 1.96 bits per heavy atom. The summed E-state index contributed by atoms with van der Waals surface area (Å²) in [7, 11) is 1.28. The van der Waals surface area contributed by atoms with E-state index in [1.807, 2.05) is 6.92 Å². The Hall–Kier alpha value is -2.89. The summed E-state index contributed by atoms with van der Waals surface area (Å²) < 4.78 is 9.43. The van der Waals surface area contributed by atoms with Gasteiger partial charge in [0.2, 0.25) is 0 Å². The zero-order chi connectivity index (χ0) is 17.2. The summed E-state index contributed by atoms with van der Waals surface area (Å²) in [5, 5.41) is 2.59. The molecule has 0 radical (unpaired) electrons. The molecule has 0 atom stereocenters. The predicted octanol–water partition coefficient (Wildman–Crippen LogP) is 2.40. The Morgan fingerprint density at radius 3 is 2.61 bits per heavy atom. The highest BCUT2D eigenvalue weighted by molar-refractivity contribution is 5.96. The molecule has 1 aromatic carbocycles. The third kappa shape index (κ3) is 6.17. The maximum atomic E-state index is 11.8. The minimum atomic E-state index is -0.613. The summed E-state index contributed by atoms with van der Waals surface area (Å²) in [4.78, 5) is 34.6. The van der Waals surface area contributed by atoms with Crippen molar-refractivity contribution in [3.8, 4) is 0 Å². The summed E-state index contributed by atoms with van der Waals surface area (Å²) >= 11 is 0. The van der Waals surface area contributed by atoms with E-state index in [1.54, 1.807) is 31.2 Å². The van der Waals surface area contributed by atoms with Crippen LogP contribution in [0.15, 0.2) is 42.5 Å². The van der Waals surface area contributed by atoms with E-state index in [-0.39, 0.29) is 0 Å². The number of hydrogen-bond acceptors (Lipinski definition) is 5. The minimum absolute atomic E-state index is 0.319. The van der Waals surface area contributed by atoms with Gasteiger partial charge in [0, 0.05) is 11.8 Å². The molecule has 0 saturated carbocycles. The summed E-state index contributed by atoms with van der Waals surface area (Å²) in [6.07, 6.45) is 6.16. The number of amides is 1. The van der Waals surface area contributed by atoms with Crippen LogP contribution in [-0.4, -0.2) is 31.6 Å². The van der Waals surface area contributed by atoms with Gasteiger partial charge in [0.05, 0.1) is 12.7 Å². The first-order chi connectivity index (χ1) is 11.0. The molecule has 23 heavy (non-hydrogen) atoms. The van der Waals surface area contributed by atoms with Crippen molar-refractivity contribution in [2.75, 3.05) is 19.0 Å². The first kappa shape index (κ1) is 18.2. The Bertz CT molecular complexity index is 646. The van der Waals surface area contributed by atoms with Crippen molar-refractivity contribution < 1.29 is 23.9 Å². The van der Waals surface area contributed by atoms with E-state index in [9.17, 15) is 14.4 Å². The molecule has 0 aliphatic heterocycles. The molecular weight excluding hydrogens is 298 g/mol. The third-order valence-corrected chi connectivity index (χ3v) is 2.81. The van der Waals surface area contributed by atoms with E-state index in [0.717, 1.165) is 5.56 Å². The molecule has 1 rings (SSSR count). The monoisotopic (exact) mass is 317 g/mol. The lowest BCUT2D eigenvalue weighted by Gasteiger charge is -2.10. The topological polar surface area (TPSA) is 81.7 Å². The lowest BCUT2D eigenvalue weighted by Crippen LogP contribution is -2.21. The number of carbonyl (C=O) groups excluding carboxylic acids is 3. The quantitative estimate of drug-likeness (QED) is 0.495. The summed E-state index contributed by atoms with van der Waals surface area (Å²) in [6.45, 7) is 3.18. The zero-order valence-corrected chi connectivity index (χ0v) is 13.3. The van der Waals surface area contributed by atoms with Crippen LogP contribution >= 0.6 is 0 Å². The van der Waals surface area contributed by atoms with Crippen LogP contribution < -0.4 is 5.32 Å². The fourth-order valence-electron chi connectivity index (χ4n) is 1.62. The number of carbonyl (C=O) groups is 3. The van der Waals surface area contributed by atoms with E-state index in [0.29, 0.717) is 11.3 Å². The van der Waals surface area contributed by atoms with Crippen LogP contribution in [0.4, 0.5) is 5.69 Å². The fraction of sp³-hybridized carbons (Fsp3) is 0.235. The molecule has 0 saturated heterocycles. The summed E-state index contributed by atoms with van der Waals surface area (Å²) in [6, 6.07) is 4.80. The highest BCUT2D eigenvalue weighted by Gasteiger charge is 2.11. The first-order valence-corrected chi connectivity index (χ1v) is 6.93. The van der Waals surface area contributed by atoms with Gasteiger partial charge in [0.25, 0.3) is 5.91 Å². The molecule has 1 aromatic rings. The number of methoxy groups -OCH3 is 1.